The van der Waals surface area contributed by atoms with Crippen LogP contribution in [0.5, 0.6) is 11.5 Å². The summed E-state index contributed by atoms with van der Waals surface area (Å²) < 4.78 is 71.5. The van der Waals surface area contributed by atoms with E-state index in [4.69, 9.17) is 4.74 Å². The lowest BCUT2D eigenvalue weighted by atomic mass is 10.3. The molecule has 0 aliphatic heterocycles. The first-order valence-corrected chi connectivity index (χ1v) is 9.01. The zero-order valence-electron chi connectivity index (χ0n) is 14.1. The fourth-order valence-corrected chi connectivity index (χ4v) is 2.73. The van der Waals surface area contributed by atoms with Gasteiger partial charge in [0.25, 0.3) is 0 Å². The average molecular weight is 400 g/mol. The number of nitrogens with zero attached hydrogens (tertiary/aromatic N) is 1. The number of ether oxygens (including phenoxy) is 2. The Kier molecular flexibility index (Phi) is 6.65. The lowest BCUT2D eigenvalue weighted by molar-refractivity contribution is -0.274. The summed E-state index contributed by atoms with van der Waals surface area (Å²) in [5.74, 6) is 5.24. The molecule has 0 atom stereocenters. The van der Waals surface area contributed by atoms with E-state index in [-0.39, 0.29) is 18.0 Å². The number of sulfonamides is 1. The Bertz CT molecular complexity index is 916. The summed E-state index contributed by atoms with van der Waals surface area (Å²) in [5.41, 5.74) is 0.848. The van der Waals surface area contributed by atoms with E-state index in [9.17, 15) is 21.6 Å². The third-order valence-electron chi connectivity index (χ3n) is 3.04. The SMILES string of the molecule is Cc1ccc(OCC#CCNS(=O)(=O)c2ccc(OC(F)(F)F)cc2)cn1. The monoisotopic (exact) mass is 400 g/mol. The molecule has 0 aliphatic carbocycles. The van der Waals surface area contributed by atoms with E-state index in [1.807, 2.05) is 6.92 Å². The van der Waals surface area contributed by atoms with Gasteiger partial charge in [0.05, 0.1) is 17.6 Å². The maximum absolute atomic E-state index is 12.1. The van der Waals surface area contributed by atoms with Crippen LogP contribution < -0.4 is 14.2 Å². The van der Waals surface area contributed by atoms with Crippen LogP contribution in [0.1, 0.15) is 5.69 Å². The summed E-state index contributed by atoms with van der Waals surface area (Å²) in [5, 5.41) is 0. The Morgan fingerprint density at radius 2 is 1.74 bits per heavy atom. The molecule has 1 aromatic carbocycles. The molecule has 6 nitrogen and oxygen atoms in total. The smallest absolute Gasteiger partial charge is 0.479 e. The normalized spacial score (nSPS) is 11.4. The van der Waals surface area contributed by atoms with E-state index >= 15 is 0 Å². The van der Waals surface area contributed by atoms with Gasteiger partial charge >= 0.3 is 6.36 Å². The Balaban J connectivity index is 1.83. The minimum atomic E-state index is -4.84. The maximum atomic E-state index is 12.1. The highest BCUT2D eigenvalue weighted by atomic mass is 32.2. The van der Waals surface area contributed by atoms with Crippen LogP contribution in [0.2, 0.25) is 0 Å². The van der Waals surface area contributed by atoms with E-state index in [2.05, 4.69) is 26.3 Å². The second kappa shape index (κ2) is 8.75. The summed E-state index contributed by atoms with van der Waals surface area (Å²) in [6.07, 6.45) is -3.29. The summed E-state index contributed by atoms with van der Waals surface area (Å²) >= 11 is 0. The van der Waals surface area contributed by atoms with Gasteiger partial charge in [-0.25, -0.2) is 8.42 Å². The number of hydrogen-bond acceptors (Lipinski definition) is 5. The lowest BCUT2D eigenvalue weighted by Gasteiger charge is -2.09. The third kappa shape index (κ3) is 7.16. The number of nitrogens with one attached hydrogen (secondary N) is 1. The third-order valence-corrected chi connectivity index (χ3v) is 4.46. The number of benzene rings is 1. The van der Waals surface area contributed by atoms with Crippen molar-refractivity contribution in [1.29, 1.82) is 0 Å². The van der Waals surface area contributed by atoms with Crippen LogP contribution in [0.3, 0.4) is 0 Å². The van der Waals surface area contributed by atoms with Gasteiger partial charge in [0.2, 0.25) is 10.0 Å². The highest BCUT2D eigenvalue weighted by molar-refractivity contribution is 7.89. The average Bonchev–Trinajstić information content (AvgIpc) is 2.58. The Labute approximate surface area is 154 Å². The minimum Gasteiger partial charge on any atom is -0.479 e. The van der Waals surface area contributed by atoms with Crippen LogP contribution in [0, 0.1) is 18.8 Å². The number of rotatable bonds is 6. The highest BCUT2D eigenvalue weighted by Crippen LogP contribution is 2.23. The molecular weight excluding hydrogens is 385 g/mol. The summed E-state index contributed by atoms with van der Waals surface area (Å²) in [6.45, 7) is 1.71. The van der Waals surface area contributed by atoms with Crippen molar-refractivity contribution in [2.45, 2.75) is 18.2 Å². The molecule has 0 saturated heterocycles. The topological polar surface area (TPSA) is 77.5 Å². The van der Waals surface area contributed by atoms with Crippen molar-refractivity contribution in [3.05, 3.63) is 48.3 Å². The van der Waals surface area contributed by atoms with Crippen molar-refractivity contribution in [1.82, 2.24) is 9.71 Å². The first-order chi connectivity index (χ1) is 12.7. The first kappa shape index (κ1) is 20.5. The second-order valence-corrected chi connectivity index (χ2v) is 6.89. The molecule has 10 heteroatoms. The molecule has 27 heavy (non-hydrogen) atoms. The molecule has 1 heterocycles. The van der Waals surface area contributed by atoms with Gasteiger partial charge in [-0.2, -0.15) is 4.72 Å². The molecule has 0 aliphatic rings. The zero-order valence-corrected chi connectivity index (χ0v) is 14.9. The Morgan fingerprint density at radius 3 is 2.33 bits per heavy atom. The van der Waals surface area contributed by atoms with Crippen molar-refractivity contribution in [3.63, 3.8) is 0 Å². The van der Waals surface area contributed by atoms with Crippen molar-refractivity contribution < 1.29 is 31.1 Å². The predicted octanol–water partition coefficient (Wildman–Crippen LogP) is 2.65. The second-order valence-electron chi connectivity index (χ2n) is 5.12. The molecule has 1 aromatic heterocycles. The van der Waals surface area contributed by atoms with Crippen LogP contribution in [0.15, 0.2) is 47.5 Å². The molecule has 0 unspecified atom stereocenters. The van der Waals surface area contributed by atoms with Crippen LogP contribution in [-0.4, -0.2) is 32.9 Å². The van der Waals surface area contributed by atoms with Gasteiger partial charge in [0.1, 0.15) is 18.1 Å². The number of hydrogen-bond donors (Lipinski definition) is 1. The van der Waals surface area contributed by atoms with Gasteiger partial charge in [-0.3, -0.25) is 4.98 Å². The van der Waals surface area contributed by atoms with E-state index < -0.39 is 22.1 Å². The molecule has 2 aromatic rings. The maximum Gasteiger partial charge on any atom is 0.573 e. The summed E-state index contributed by atoms with van der Waals surface area (Å²) in [7, 11) is -3.90. The van der Waals surface area contributed by atoms with E-state index in [0.29, 0.717) is 5.75 Å². The van der Waals surface area contributed by atoms with Gasteiger partial charge in [0.15, 0.2) is 0 Å². The van der Waals surface area contributed by atoms with Gasteiger partial charge < -0.3 is 9.47 Å². The number of halogens is 3. The molecular formula is C17H15F3N2O4S. The summed E-state index contributed by atoms with van der Waals surface area (Å²) in [6, 6.07) is 7.35. The lowest BCUT2D eigenvalue weighted by Crippen LogP contribution is -2.24. The van der Waals surface area contributed by atoms with Crippen molar-refractivity contribution in [2.75, 3.05) is 13.2 Å². The van der Waals surface area contributed by atoms with Crippen molar-refractivity contribution in [2.24, 2.45) is 0 Å². The van der Waals surface area contributed by atoms with Crippen LogP contribution in [0.25, 0.3) is 0 Å². The molecule has 1 N–H and O–H groups in total. The van der Waals surface area contributed by atoms with E-state index in [0.717, 1.165) is 30.0 Å². The zero-order chi connectivity index (χ0) is 19.9. The van der Waals surface area contributed by atoms with E-state index in [1.165, 1.54) is 0 Å². The van der Waals surface area contributed by atoms with Crippen LogP contribution >= 0.6 is 0 Å². The molecule has 0 amide bonds. The van der Waals surface area contributed by atoms with E-state index in [1.54, 1.807) is 18.3 Å². The van der Waals surface area contributed by atoms with Gasteiger partial charge in [-0.05, 0) is 43.3 Å². The van der Waals surface area contributed by atoms with Crippen LogP contribution in [-0.2, 0) is 10.0 Å². The minimum absolute atomic E-state index is 0.0515. The fraction of sp³-hybridized carbons (Fsp3) is 0.235. The fourth-order valence-electron chi connectivity index (χ4n) is 1.81. The van der Waals surface area contributed by atoms with Gasteiger partial charge in [-0.15, -0.1) is 13.2 Å². The standard InChI is InChI=1S/C17H15F3N2O4S/c1-13-4-5-15(12-21-13)25-11-3-2-10-22-27(23,24)16-8-6-14(7-9-16)26-17(18,19)20/h4-9,12,22H,10-11H2,1H3. The number of aryl methyl sites for hydroxylation is 1. The first-order valence-electron chi connectivity index (χ1n) is 7.52. The Hall–Kier alpha value is -2.77. The molecule has 2 rings (SSSR count). The number of aromatic nitrogens is 1. The molecule has 0 fully saturated rings. The van der Waals surface area contributed by atoms with Crippen molar-refractivity contribution in [3.8, 4) is 23.3 Å². The predicted molar refractivity (Wildman–Crippen MR) is 90.6 cm³/mol. The molecule has 0 radical (unpaired) electrons. The molecule has 0 saturated carbocycles. The van der Waals surface area contributed by atoms with Gasteiger partial charge in [-0.1, -0.05) is 11.8 Å². The highest BCUT2D eigenvalue weighted by Gasteiger charge is 2.31. The number of pyridine rings is 1. The van der Waals surface area contributed by atoms with Gasteiger partial charge in [0, 0.05) is 5.69 Å². The molecule has 0 spiro atoms. The Morgan fingerprint density at radius 1 is 1.07 bits per heavy atom. The van der Waals surface area contributed by atoms with Crippen LogP contribution in [0.4, 0.5) is 13.2 Å². The largest absolute Gasteiger partial charge is 0.573 e. The molecule has 0 bridgehead atoms. The van der Waals surface area contributed by atoms with Crippen molar-refractivity contribution >= 4 is 10.0 Å². The quantitative estimate of drug-likeness (QED) is 0.755. The number of alkyl halides is 3. The molecule has 144 valence electrons. The summed E-state index contributed by atoms with van der Waals surface area (Å²) in [4.78, 5) is 3.84.